The molecule has 3 rings (SSSR count). The number of morpholine rings is 2. The van der Waals surface area contributed by atoms with E-state index in [0.717, 1.165) is 77.8 Å². The van der Waals surface area contributed by atoms with Gasteiger partial charge in [0.05, 0.1) is 58.4 Å². The van der Waals surface area contributed by atoms with Crippen LogP contribution in [0.15, 0.2) is 18.2 Å². The first-order valence-corrected chi connectivity index (χ1v) is 10.7. The summed E-state index contributed by atoms with van der Waals surface area (Å²) in [6.45, 7) is 8.77. The van der Waals surface area contributed by atoms with Crippen LogP contribution < -0.4 is 25.3 Å². The van der Waals surface area contributed by atoms with Gasteiger partial charge >= 0.3 is 0 Å². The summed E-state index contributed by atoms with van der Waals surface area (Å²) in [5, 5.41) is 7.43. The Morgan fingerprint density at radius 2 is 1.68 bits per heavy atom. The summed E-state index contributed by atoms with van der Waals surface area (Å²) in [5.41, 5.74) is 3.48. The summed E-state index contributed by atoms with van der Waals surface area (Å²) in [7, 11) is 4.34. The number of benzene rings is 1. The number of ether oxygens (including phenoxy) is 2. The number of hydrogen-bond donors (Lipinski definition) is 3. The molecule has 2 aliphatic rings. The van der Waals surface area contributed by atoms with Crippen molar-refractivity contribution in [3.8, 4) is 0 Å². The summed E-state index contributed by atoms with van der Waals surface area (Å²) in [4.78, 5) is 6.22. The predicted molar refractivity (Wildman–Crippen MR) is 119 cm³/mol. The minimum absolute atomic E-state index is 0.683. The first-order valence-electron chi connectivity index (χ1n) is 10.3. The van der Waals surface area contributed by atoms with Crippen molar-refractivity contribution in [3.05, 3.63) is 18.2 Å². The monoisotopic (exact) mass is 408 g/mol. The van der Waals surface area contributed by atoms with Gasteiger partial charge in [0, 0.05) is 44.8 Å². The summed E-state index contributed by atoms with van der Waals surface area (Å²) in [6.07, 6.45) is 1.09. The molecule has 3 N–H and O–H groups in total. The average molecular weight is 409 g/mol. The van der Waals surface area contributed by atoms with Crippen molar-refractivity contribution in [2.75, 3.05) is 94.9 Å². The molecule has 0 amide bonds. The van der Waals surface area contributed by atoms with Crippen LogP contribution in [0.1, 0.15) is 6.42 Å². The number of anilines is 3. The second-order valence-electron chi connectivity index (χ2n) is 7.59. The average Bonchev–Trinajstić information content (AvgIpc) is 2.73. The molecule has 2 fully saturated rings. The van der Waals surface area contributed by atoms with Crippen molar-refractivity contribution in [3.63, 3.8) is 0 Å². The molecule has 0 saturated carbocycles. The molecule has 156 valence electrons. The molecule has 0 atom stereocenters. The van der Waals surface area contributed by atoms with Gasteiger partial charge in [0.15, 0.2) is 5.11 Å². The molecule has 2 saturated heterocycles. The minimum Gasteiger partial charge on any atom is -0.378 e. The van der Waals surface area contributed by atoms with E-state index < -0.39 is 0 Å². The van der Waals surface area contributed by atoms with Crippen LogP contribution in [-0.4, -0.2) is 84.9 Å². The van der Waals surface area contributed by atoms with Crippen molar-refractivity contribution < 1.29 is 14.4 Å². The first kappa shape index (κ1) is 21.1. The Labute approximate surface area is 173 Å². The maximum atomic E-state index is 5.54. The van der Waals surface area contributed by atoms with Crippen LogP contribution in [-0.2, 0) is 9.47 Å². The van der Waals surface area contributed by atoms with E-state index in [-0.39, 0.29) is 0 Å². The third-order valence-electron chi connectivity index (χ3n) is 5.10. The molecule has 8 heteroatoms. The molecular formula is C20H34N5O2S+. The van der Waals surface area contributed by atoms with Crippen LogP contribution in [0.4, 0.5) is 17.1 Å². The SMILES string of the molecule is C[NH+](C)CCCNC(=S)Nc1ccc(N2CCOCC2)cc1N1CCOCC1. The first-order chi connectivity index (χ1) is 13.6. The van der Waals surface area contributed by atoms with Gasteiger partial charge in [0.1, 0.15) is 0 Å². The second kappa shape index (κ2) is 10.8. The molecule has 1 aromatic carbocycles. The fraction of sp³-hybridized carbons (Fsp3) is 0.650. The van der Waals surface area contributed by atoms with Crippen molar-refractivity contribution in [1.82, 2.24) is 5.32 Å². The van der Waals surface area contributed by atoms with Gasteiger partial charge in [-0.3, -0.25) is 0 Å². The van der Waals surface area contributed by atoms with Gasteiger partial charge < -0.3 is 34.8 Å². The van der Waals surface area contributed by atoms with Gasteiger partial charge in [-0.25, -0.2) is 0 Å². The van der Waals surface area contributed by atoms with Crippen molar-refractivity contribution >= 4 is 34.4 Å². The lowest BCUT2D eigenvalue weighted by molar-refractivity contribution is -0.858. The minimum atomic E-state index is 0.683. The molecule has 0 spiro atoms. The van der Waals surface area contributed by atoms with Gasteiger partial charge in [-0.1, -0.05) is 0 Å². The molecule has 7 nitrogen and oxygen atoms in total. The largest absolute Gasteiger partial charge is 0.378 e. The normalized spacial score (nSPS) is 17.7. The molecule has 0 aromatic heterocycles. The maximum Gasteiger partial charge on any atom is 0.170 e. The summed E-state index contributed by atoms with van der Waals surface area (Å²) in [6, 6.07) is 6.60. The topological polar surface area (TPSA) is 53.4 Å². The quantitative estimate of drug-likeness (QED) is 0.440. The predicted octanol–water partition coefficient (Wildman–Crippen LogP) is 0.181. The Morgan fingerprint density at radius 1 is 1.04 bits per heavy atom. The number of nitrogens with one attached hydrogen (secondary N) is 3. The molecule has 0 bridgehead atoms. The highest BCUT2D eigenvalue weighted by Gasteiger charge is 2.19. The summed E-state index contributed by atoms with van der Waals surface area (Å²) >= 11 is 5.53. The molecule has 28 heavy (non-hydrogen) atoms. The number of rotatable bonds is 7. The van der Waals surface area contributed by atoms with Crippen LogP contribution >= 0.6 is 12.2 Å². The third-order valence-corrected chi connectivity index (χ3v) is 5.34. The molecular weight excluding hydrogens is 374 g/mol. The lowest BCUT2D eigenvalue weighted by Gasteiger charge is -2.33. The smallest absolute Gasteiger partial charge is 0.170 e. The van der Waals surface area contributed by atoms with Crippen LogP contribution in [0, 0.1) is 0 Å². The molecule has 0 radical (unpaired) electrons. The Balaban J connectivity index is 1.68. The lowest BCUT2D eigenvalue weighted by Crippen LogP contribution is -3.05. The van der Waals surface area contributed by atoms with Crippen molar-refractivity contribution in [2.45, 2.75) is 6.42 Å². The zero-order valence-electron chi connectivity index (χ0n) is 17.1. The zero-order chi connectivity index (χ0) is 19.8. The van der Waals surface area contributed by atoms with Crippen LogP contribution in [0.5, 0.6) is 0 Å². The molecule has 2 aliphatic heterocycles. The highest BCUT2D eigenvalue weighted by Crippen LogP contribution is 2.32. The maximum absolute atomic E-state index is 5.54. The Hall–Kier alpha value is -1.61. The van der Waals surface area contributed by atoms with E-state index in [1.54, 1.807) is 0 Å². The van der Waals surface area contributed by atoms with Gasteiger partial charge in [0.25, 0.3) is 0 Å². The van der Waals surface area contributed by atoms with Crippen molar-refractivity contribution in [2.24, 2.45) is 0 Å². The number of hydrogen-bond acceptors (Lipinski definition) is 5. The number of thiocarbonyl (C=S) groups is 1. The highest BCUT2D eigenvalue weighted by molar-refractivity contribution is 7.80. The fourth-order valence-corrected chi connectivity index (χ4v) is 3.73. The van der Waals surface area contributed by atoms with E-state index in [9.17, 15) is 0 Å². The zero-order valence-corrected chi connectivity index (χ0v) is 17.9. The fourth-order valence-electron chi connectivity index (χ4n) is 3.52. The van der Waals surface area contributed by atoms with Crippen LogP contribution in [0.2, 0.25) is 0 Å². The Morgan fingerprint density at radius 3 is 2.32 bits per heavy atom. The molecule has 2 heterocycles. The summed E-state index contributed by atoms with van der Waals surface area (Å²) < 4.78 is 11.0. The van der Waals surface area contributed by atoms with Gasteiger partial charge in [-0.15, -0.1) is 0 Å². The standard InChI is InChI=1S/C20H33N5O2S/c1-23(2)7-3-6-21-20(28)22-18-5-4-17(24-8-12-26-13-9-24)16-19(18)25-10-14-27-15-11-25/h4-5,16H,3,6-15H2,1-2H3,(H2,21,22,28)/p+1. The van der Waals surface area contributed by atoms with Crippen LogP contribution in [0.3, 0.4) is 0 Å². The van der Waals surface area contributed by atoms with Crippen LogP contribution in [0.25, 0.3) is 0 Å². The van der Waals surface area contributed by atoms with E-state index in [2.05, 4.69) is 52.7 Å². The lowest BCUT2D eigenvalue weighted by atomic mass is 10.2. The van der Waals surface area contributed by atoms with Crippen molar-refractivity contribution in [1.29, 1.82) is 0 Å². The Kier molecular flexibility index (Phi) is 8.14. The molecule has 0 aliphatic carbocycles. The number of nitrogens with zero attached hydrogens (tertiary/aromatic N) is 2. The van der Waals surface area contributed by atoms with Gasteiger partial charge in [-0.05, 0) is 30.4 Å². The highest BCUT2D eigenvalue weighted by atomic mass is 32.1. The van der Waals surface area contributed by atoms with E-state index in [1.165, 1.54) is 16.3 Å². The van der Waals surface area contributed by atoms with E-state index in [4.69, 9.17) is 21.7 Å². The Bertz CT molecular complexity index is 631. The van der Waals surface area contributed by atoms with E-state index in [1.807, 2.05) is 0 Å². The third kappa shape index (κ3) is 6.20. The number of quaternary nitrogens is 1. The molecule has 1 aromatic rings. The van der Waals surface area contributed by atoms with Gasteiger partial charge in [-0.2, -0.15) is 0 Å². The van der Waals surface area contributed by atoms with E-state index >= 15 is 0 Å². The van der Waals surface area contributed by atoms with Gasteiger partial charge in [0.2, 0.25) is 0 Å². The van der Waals surface area contributed by atoms with E-state index in [0.29, 0.717) is 5.11 Å². The molecule has 0 unspecified atom stereocenters. The summed E-state index contributed by atoms with van der Waals surface area (Å²) in [5.74, 6) is 0. The second-order valence-corrected chi connectivity index (χ2v) is 8.00.